The maximum Gasteiger partial charge on any atom is 0.188 e. The molecule has 0 aromatic heterocycles. The van der Waals surface area contributed by atoms with E-state index in [1.807, 2.05) is 24.3 Å². The highest BCUT2D eigenvalue weighted by molar-refractivity contribution is 14.0. The third-order valence-electron chi connectivity index (χ3n) is 2.31. The van der Waals surface area contributed by atoms with E-state index in [-0.39, 0.29) is 24.0 Å². The summed E-state index contributed by atoms with van der Waals surface area (Å²) in [4.78, 5) is 4.28. The van der Waals surface area contributed by atoms with Crippen LogP contribution >= 0.6 is 24.0 Å². The van der Waals surface area contributed by atoms with Crippen LogP contribution in [0.3, 0.4) is 0 Å². The van der Waals surface area contributed by atoms with Crippen LogP contribution in [-0.4, -0.2) is 19.1 Å². The van der Waals surface area contributed by atoms with Gasteiger partial charge in [0.25, 0.3) is 0 Å². The molecule has 1 aromatic rings. The summed E-state index contributed by atoms with van der Waals surface area (Å²) >= 11 is 0. The lowest BCUT2D eigenvalue weighted by Gasteiger charge is -2.09. The first-order chi connectivity index (χ1) is 8.77. The maximum absolute atomic E-state index is 5.74. The molecule has 0 unspecified atom stereocenters. The number of ether oxygens (including phenoxy) is 1. The van der Waals surface area contributed by atoms with Crippen LogP contribution in [0.5, 0.6) is 5.75 Å². The molecule has 0 bridgehead atoms. The highest BCUT2D eigenvalue weighted by Gasteiger charge is 2.01. The van der Waals surface area contributed by atoms with Gasteiger partial charge in [-0.05, 0) is 12.5 Å². The highest BCUT2D eigenvalue weighted by atomic mass is 127. The van der Waals surface area contributed by atoms with Crippen molar-refractivity contribution in [1.29, 1.82) is 0 Å². The number of para-hydroxylation sites is 1. The molecular formula is C14H22IN3O. The first-order valence-corrected chi connectivity index (χ1v) is 6.13. The maximum atomic E-state index is 5.74. The second-order valence-electron chi connectivity index (χ2n) is 3.84. The molecule has 1 aromatic carbocycles. The van der Waals surface area contributed by atoms with Crippen molar-refractivity contribution in [2.45, 2.75) is 19.9 Å². The first-order valence-electron chi connectivity index (χ1n) is 6.13. The molecule has 5 heteroatoms. The van der Waals surface area contributed by atoms with Crippen molar-refractivity contribution in [2.75, 3.05) is 13.2 Å². The molecule has 0 radical (unpaired) electrons. The molecule has 106 valence electrons. The largest absolute Gasteiger partial charge is 0.489 e. The molecule has 4 nitrogen and oxygen atoms in total. The first kappa shape index (κ1) is 17.8. The summed E-state index contributed by atoms with van der Waals surface area (Å²) in [5.74, 6) is 1.29. The third-order valence-corrected chi connectivity index (χ3v) is 2.31. The second kappa shape index (κ2) is 10.7. The molecule has 19 heavy (non-hydrogen) atoms. The average Bonchev–Trinajstić information content (AvgIpc) is 2.41. The van der Waals surface area contributed by atoms with Gasteiger partial charge in [-0.3, -0.25) is 0 Å². The van der Waals surface area contributed by atoms with Gasteiger partial charge in [-0.1, -0.05) is 37.8 Å². The minimum absolute atomic E-state index is 0. The number of aliphatic imine (C=N–C) groups is 1. The summed E-state index contributed by atoms with van der Waals surface area (Å²) in [7, 11) is 0. The van der Waals surface area contributed by atoms with Gasteiger partial charge < -0.3 is 15.8 Å². The van der Waals surface area contributed by atoms with Crippen molar-refractivity contribution in [3.8, 4) is 5.75 Å². The van der Waals surface area contributed by atoms with Crippen LogP contribution in [0.4, 0.5) is 0 Å². The Hall–Kier alpha value is -1.24. The summed E-state index contributed by atoms with van der Waals surface area (Å²) in [6, 6.07) is 7.80. The number of benzene rings is 1. The van der Waals surface area contributed by atoms with Gasteiger partial charge in [-0.25, -0.2) is 4.99 Å². The molecule has 0 saturated heterocycles. The Bertz CT molecular complexity index is 407. The molecule has 0 aliphatic carbocycles. The van der Waals surface area contributed by atoms with Crippen molar-refractivity contribution in [3.05, 3.63) is 42.5 Å². The van der Waals surface area contributed by atoms with Gasteiger partial charge in [0.2, 0.25) is 0 Å². The van der Waals surface area contributed by atoms with Gasteiger partial charge >= 0.3 is 0 Å². The van der Waals surface area contributed by atoms with Crippen LogP contribution in [0, 0.1) is 0 Å². The second-order valence-corrected chi connectivity index (χ2v) is 3.84. The molecule has 1 rings (SSSR count). The fraction of sp³-hybridized carbons (Fsp3) is 0.357. The average molecular weight is 375 g/mol. The number of rotatable bonds is 7. The molecule has 0 saturated carbocycles. The number of nitrogens with two attached hydrogens (primary N) is 1. The lowest BCUT2D eigenvalue weighted by atomic mass is 10.2. The van der Waals surface area contributed by atoms with E-state index in [0.29, 0.717) is 19.1 Å². The number of halogens is 1. The van der Waals surface area contributed by atoms with Gasteiger partial charge in [0.05, 0.1) is 6.54 Å². The van der Waals surface area contributed by atoms with E-state index < -0.39 is 0 Å². The molecule has 0 heterocycles. The van der Waals surface area contributed by atoms with E-state index in [1.165, 1.54) is 0 Å². The van der Waals surface area contributed by atoms with Gasteiger partial charge in [0.1, 0.15) is 12.4 Å². The SMILES string of the molecule is C=CCOc1ccccc1CN=C(N)NCCC.I. The smallest absolute Gasteiger partial charge is 0.188 e. The zero-order chi connectivity index (χ0) is 13.2. The fourth-order valence-electron chi connectivity index (χ4n) is 1.40. The fourth-order valence-corrected chi connectivity index (χ4v) is 1.40. The van der Waals surface area contributed by atoms with Crippen molar-refractivity contribution >= 4 is 29.9 Å². The predicted molar refractivity (Wildman–Crippen MR) is 91.2 cm³/mol. The zero-order valence-electron chi connectivity index (χ0n) is 11.3. The summed E-state index contributed by atoms with van der Waals surface area (Å²) in [5, 5.41) is 3.04. The Kier molecular flexibility index (Phi) is 9.97. The summed E-state index contributed by atoms with van der Waals surface area (Å²) in [5.41, 5.74) is 6.75. The minimum Gasteiger partial charge on any atom is -0.489 e. The van der Waals surface area contributed by atoms with E-state index in [1.54, 1.807) is 6.08 Å². The topological polar surface area (TPSA) is 59.6 Å². The number of hydrogen-bond donors (Lipinski definition) is 2. The summed E-state index contributed by atoms with van der Waals surface area (Å²) in [6.07, 6.45) is 2.74. The molecular weight excluding hydrogens is 353 g/mol. The van der Waals surface area contributed by atoms with Crippen LogP contribution in [0.25, 0.3) is 0 Å². The predicted octanol–water partition coefficient (Wildman–Crippen LogP) is 2.68. The van der Waals surface area contributed by atoms with E-state index >= 15 is 0 Å². The van der Waals surface area contributed by atoms with E-state index in [9.17, 15) is 0 Å². The van der Waals surface area contributed by atoms with Crippen LogP contribution in [0.2, 0.25) is 0 Å². The Labute approximate surface area is 132 Å². The van der Waals surface area contributed by atoms with E-state index in [0.717, 1.165) is 24.3 Å². The van der Waals surface area contributed by atoms with Gasteiger partial charge in [0.15, 0.2) is 5.96 Å². The number of guanidine groups is 1. The van der Waals surface area contributed by atoms with E-state index in [4.69, 9.17) is 10.5 Å². The molecule has 0 aliphatic heterocycles. The molecule has 0 fully saturated rings. The van der Waals surface area contributed by atoms with Crippen molar-refractivity contribution in [3.63, 3.8) is 0 Å². The number of hydrogen-bond acceptors (Lipinski definition) is 2. The summed E-state index contributed by atoms with van der Waals surface area (Å²) < 4.78 is 5.55. The van der Waals surface area contributed by atoms with E-state index in [2.05, 4.69) is 23.8 Å². The van der Waals surface area contributed by atoms with Crippen LogP contribution < -0.4 is 15.8 Å². The quantitative estimate of drug-likeness (QED) is 0.334. The Morgan fingerprint density at radius 2 is 2.21 bits per heavy atom. The Morgan fingerprint density at radius 3 is 2.89 bits per heavy atom. The van der Waals surface area contributed by atoms with Gasteiger partial charge in [-0.2, -0.15) is 0 Å². The van der Waals surface area contributed by atoms with Crippen molar-refractivity contribution in [2.24, 2.45) is 10.7 Å². The lowest BCUT2D eigenvalue weighted by Crippen LogP contribution is -2.32. The van der Waals surface area contributed by atoms with Crippen LogP contribution in [0.1, 0.15) is 18.9 Å². The Morgan fingerprint density at radius 1 is 1.47 bits per heavy atom. The normalized spacial score (nSPS) is 10.5. The molecule has 0 spiro atoms. The standard InChI is InChI=1S/C14H21N3O.HI/c1-3-9-16-14(15)17-11-12-7-5-6-8-13(12)18-10-4-2;/h4-8H,2-3,9-11H2,1H3,(H3,15,16,17);1H. The monoisotopic (exact) mass is 375 g/mol. The van der Waals surface area contributed by atoms with Crippen LogP contribution in [-0.2, 0) is 6.54 Å². The third kappa shape index (κ3) is 7.05. The number of nitrogens with one attached hydrogen (secondary N) is 1. The lowest BCUT2D eigenvalue weighted by molar-refractivity contribution is 0.359. The molecule has 0 amide bonds. The van der Waals surface area contributed by atoms with Gasteiger partial charge in [0, 0.05) is 12.1 Å². The highest BCUT2D eigenvalue weighted by Crippen LogP contribution is 2.18. The molecule has 0 atom stereocenters. The Balaban J connectivity index is 0.00000324. The van der Waals surface area contributed by atoms with Gasteiger partial charge in [-0.15, -0.1) is 24.0 Å². The molecule has 0 aliphatic rings. The molecule has 3 N–H and O–H groups in total. The minimum atomic E-state index is 0. The van der Waals surface area contributed by atoms with Crippen molar-refractivity contribution < 1.29 is 4.74 Å². The van der Waals surface area contributed by atoms with Crippen molar-refractivity contribution in [1.82, 2.24) is 5.32 Å². The number of nitrogens with zero attached hydrogens (tertiary/aromatic N) is 1. The summed E-state index contributed by atoms with van der Waals surface area (Å²) in [6.45, 7) is 7.55. The van der Waals surface area contributed by atoms with Crippen LogP contribution in [0.15, 0.2) is 41.9 Å². The zero-order valence-corrected chi connectivity index (χ0v) is 13.6.